The van der Waals surface area contributed by atoms with Crippen molar-refractivity contribution < 1.29 is 4.79 Å². The lowest BCUT2D eigenvalue weighted by Gasteiger charge is -2.40. The number of hydrogen-bond acceptors (Lipinski definition) is 1. The molecule has 2 aliphatic rings. The van der Waals surface area contributed by atoms with Gasteiger partial charge in [-0.2, -0.15) is 0 Å². The monoisotopic (exact) mass is 224 g/mol. The van der Waals surface area contributed by atoms with Crippen molar-refractivity contribution in [3.63, 3.8) is 0 Å². The fraction of sp³-hybridized carbons (Fsp3) is 0.923. The van der Waals surface area contributed by atoms with E-state index in [-0.39, 0.29) is 6.03 Å². The predicted molar refractivity (Wildman–Crippen MR) is 65.3 cm³/mol. The second-order valence-electron chi connectivity index (χ2n) is 5.99. The molecule has 2 amide bonds. The SMILES string of the molecule is CC1CCC2(CC1)CCN(C)C(=O)N(C)C2. The van der Waals surface area contributed by atoms with Crippen molar-refractivity contribution in [3.8, 4) is 0 Å². The molecule has 3 nitrogen and oxygen atoms in total. The van der Waals surface area contributed by atoms with Crippen LogP contribution >= 0.6 is 0 Å². The zero-order valence-electron chi connectivity index (χ0n) is 10.8. The molecule has 0 bridgehead atoms. The maximum absolute atomic E-state index is 11.9. The van der Waals surface area contributed by atoms with Gasteiger partial charge in [-0.1, -0.05) is 19.8 Å². The zero-order valence-corrected chi connectivity index (χ0v) is 10.8. The first-order valence-electron chi connectivity index (χ1n) is 6.49. The van der Waals surface area contributed by atoms with Crippen LogP contribution in [0.2, 0.25) is 0 Å². The third kappa shape index (κ3) is 2.18. The molecule has 1 spiro atoms. The van der Waals surface area contributed by atoms with Crippen molar-refractivity contribution in [1.82, 2.24) is 9.80 Å². The molecular formula is C13H24N2O. The van der Waals surface area contributed by atoms with E-state index in [2.05, 4.69) is 6.92 Å². The highest BCUT2D eigenvalue weighted by molar-refractivity contribution is 5.74. The van der Waals surface area contributed by atoms with Gasteiger partial charge in [-0.05, 0) is 30.6 Å². The van der Waals surface area contributed by atoms with E-state index >= 15 is 0 Å². The smallest absolute Gasteiger partial charge is 0.319 e. The van der Waals surface area contributed by atoms with Gasteiger partial charge in [0.05, 0.1) is 0 Å². The highest BCUT2D eigenvalue weighted by atomic mass is 16.2. The molecule has 1 saturated heterocycles. The standard InChI is InChI=1S/C13H24N2O/c1-11-4-6-13(7-5-11)8-9-14(2)12(16)15(3)10-13/h11H,4-10H2,1-3H3. The summed E-state index contributed by atoms with van der Waals surface area (Å²) in [4.78, 5) is 15.7. The molecule has 92 valence electrons. The molecule has 16 heavy (non-hydrogen) atoms. The van der Waals surface area contributed by atoms with Crippen LogP contribution in [0.3, 0.4) is 0 Å². The minimum absolute atomic E-state index is 0.190. The van der Waals surface area contributed by atoms with Gasteiger partial charge in [0.25, 0.3) is 0 Å². The van der Waals surface area contributed by atoms with Gasteiger partial charge in [-0.15, -0.1) is 0 Å². The van der Waals surface area contributed by atoms with Gasteiger partial charge in [0.2, 0.25) is 0 Å². The van der Waals surface area contributed by atoms with Gasteiger partial charge in [-0.25, -0.2) is 4.79 Å². The summed E-state index contributed by atoms with van der Waals surface area (Å²) in [5.41, 5.74) is 0.418. The summed E-state index contributed by atoms with van der Waals surface area (Å²) in [5.74, 6) is 0.882. The van der Waals surface area contributed by atoms with Crippen LogP contribution in [0.4, 0.5) is 4.79 Å². The molecule has 0 radical (unpaired) electrons. The summed E-state index contributed by atoms with van der Waals surface area (Å²) in [7, 11) is 3.87. The second-order valence-corrected chi connectivity index (χ2v) is 5.99. The Morgan fingerprint density at radius 3 is 2.38 bits per heavy atom. The van der Waals surface area contributed by atoms with Crippen LogP contribution in [-0.2, 0) is 0 Å². The second kappa shape index (κ2) is 4.27. The average Bonchev–Trinajstić information content (AvgIpc) is 2.37. The molecule has 2 fully saturated rings. The lowest BCUT2D eigenvalue weighted by atomic mass is 9.69. The van der Waals surface area contributed by atoms with Gasteiger partial charge in [0.15, 0.2) is 0 Å². The Bertz CT molecular complexity index is 269. The van der Waals surface area contributed by atoms with Crippen LogP contribution in [0.1, 0.15) is 39.0 Å². The largest absolute Gasteiger partial charge is 0.328 e. The number of hydrogen-bond donors (Lipinski definition) is 0. The fourth-order valence-electron chi connectivity index (χ4n) is 3.22. The lowest BCUT2D eigenvalue weighted by molar-refractivity contribution is 0.115. The molecule has 2 rings (SSSR count). The van der Waals surface area contributed by atoms with E-state index in [0.717, 1.165) is 19.0 Å². The normalized spacial score (nSPS) is 36.7. The summed E-state index contributed by atoms with van der Waals surface area (Å²) in [5, 5.41) is 0. The average molecular weight is 224 g/mol. The van der Waals surface area contributed by atoms with Crippen molar-refractivity contribution in [2.45, 2.75) is 39.0 Å². The van der Waals surface area contributed by atoms with Crippen LogP contribution in [0, 0.1) is 11.3 Å². The molecule has 1 aliphatic heterocycles. The summed E-state index contributed by atoms with van der Waals surface area (Å²) < 4.78 is 0. The quantitative estimate of drug-likeness (QED) is 0.620. The molecule has 1 heterocycles. The highest BCUT2D eigenvalue weighted by Crippen LogP contribution is 2.43. The van der Waals surface area contributed by atoms with Crippen molar-refractivity contribution >= 4 is 6.03 Å². The predicted octanol–water partition coefficient (Wildman–Crippen LogP) is 2.57. The Hall–Kier alpha value is -0.730. The van der Waals surface area contributed by atoms with Crippen LogP contribution < -0.4 is 0 Å². The minimum atomic E-state index is 0.190. The molecule has 0 atom stereocenters. The van der Waals surface area contributed by atoms with Gasteiger partial charge in [0.1, 0.15) is 0 Å². The van der Waals surface area contributed by atoms with E-state index in [1.54, 1.807) is 0 Å². The molecule has 0 aromatic carbocycles. The number of rotatable bonds is 0. The Morgan fingerprint density at radius 1 is 1.12 bits per heavy atom. The van der Waals surface area contributed by atoms with E-state index in [9.17, 15) is 4.79 Å². The first kappa shape index (κ1) is 11.7. The Labute approximate surface area is 98.8 Å². The van der Waals surface area contributed by atoms with Crippen LogP contribution in [0.5, 0.6) is 0 Å². The molecule has 0 unspecified atom stereocenters. The van der Waals surface area contributed by atoms with Gasteiger partial charge in [-0.3, -0.25) is 0 Å². The maximum Gasteiger partial charge on any atom is 0.319 e. The Kier molecular flexibility index (Phi) is 3.13. The maximum atomic E-state index is 11.9. The van der Waals surface area contributed by atoms with Crippen LogP contribution in [-0.4, -0.2) is 43.0 Å². The van der Waals surface area contributed by atoms with Crippen molar-refractivity contribution in [2.24, 2.45) is 11.3 Å². The lowest BCUT2D eigenvalue weighted by Crippen LogP contribution is -2.40. The third-order valence-electron chi connectivity index (χ3n) is 4.54. The van der Waals surface area contributed by atoms with E-state index < -0.39 is 0 Å². The zero-order chi connectivity index (χ0) is 11.8. The number of urea groups is 1. The highest BCUT2D eigenvalue weighted by Gasteiger charge is 2.38. The topological polar surface area (TPSA) is 23.6 Å². The first-order valence-corrected chi connectivity index (χ1v) is 6.49. The van der Waals surface area contributed by atoms with Crippen molar-refractivity contribution in [3.05, 3.63) is 0 Å². The van der Waals surface area contributed by atoms with E-state index in [0.29, 0.717) is 5.41 Å². The van der Waals surface area contributed by atoms with E-state index in [1.807, 2.05) is 23.9 Å². The third-order valence-corrected chi connectivity index (χ3v) is 4.54. The Balaban J connectivity index is 2.08. The number of amides is 2. The molecule has 0 aromatic rings. The fourth-order valence-corrected chi connectivity index (χ4v) is 3.22. The van der Waals surface area contributed by atoms with Gasteiger partial charge >= 0.3 is 6.03 Å². The first-order chi connectivity index (χ1) is 7.52. The number of carbonyl (C=O) groups is 1. The molecule has 1 saturated carbocycles. The number of carbonyl (C=O) groups excluding carboxylic acids is 1. The molecule has 3 heteroatoms. The Morgan fingerprint density at radius 2 is 1.75 bits per heavy atom. The van der Waals surface area contributed by atoms with Crippen molar-refractivity contribution in [1.29, 1.82) is 0 Å². The molecule has 0 N–H and O–H groups in total. The minimum Gasteiger partial charge on any atom is -0.328 e. The van der Waals surface area contributed by atoms with E-state index in [4.69, 9.17) is 0 Å². The summed E-state index contributed by atoms with van der Waals surface area (Å²) >= 11 is 0. The summed E-state index contributed by atoms with van der Waals surface area (Å²) in [6.45, 7) is 4.24. The molecular weight excluding hydrogens is 200 g/mol. The molecule has 1 aliphatic carbocycles. The molecule has 0 aromatic heterocycles. The van der Waals surface area contributed by atoms with Crippen LogP contribution in [0.15, 0.2) is 0 Å². The van der Waals surface area contributed by atoms with Gasteiger partial charge < -0.3 is 9.80 Å². The van der Waals surface area contributed by atoms with E-state index in [1.165, 1.54) is 32.1 Å². The summed E-state index contributed by atoms with van der Waals surface area (Å²) in [6, 6.07) is 0.190. The summed E-state index contributed by atoms with van der Waals surface area (Å²) in [6.07, 6.45) is 6.48. The van der Waals surface area contributed by atoms with Crippen molar-refractivity contribution in [2.75, 3.05) is 27.2 Å². The van der Waals surface area contributed by atoms with Gasteiger partial charge in [0, 0.05) is 27.2 Å². The van der Waals surface area contributed by atoms with Crippen LogP contribution in [0.25, 0.3) is 0 Å². The number of nitrogens with zero attached hydrogens (tertiary/aromatic N) is 2.